The molecule has 0 spiro atoms. The number of aryl methyl sites for hydroxylation is 1. The molecule has 1 aromatic rings. The van der Waals surface area contributed by atoms with E-state index < -0.39 is 0 Å². The number of amides is 1. The quantitative estimate of drug-likeness (QED) is 0.819. The molecule has 0 heterocycles. The minimum atomic E-state index is 0.0179. The molecule has 1 fully saturated rings. The number of anilines is 1. The summed E-state index contributed by atoms with van der Waals surface area (Å²) in [6.07, 6.45) is 6.34. The van der Waals surface area contributed by atoms with Gasteiger partial charge in [0, 0.05) is 17.8 Å². The van der Waals surface area contributed by atoms with Gasteiger partial charge in [0.15, 0.2) is 0 Å². The predicted molar refractivity (Wildman–Crippen MR) is 79.1 cm³/mol. The fraction of sp³-hybridized carbons (Fsp3) is 0.562. The molecule has 1 aliphatic rings. The summed E-state index contributed by atoms with van der Waals surface area (Å²) >= 11 is 0. The average molecular weight is 260 g/mol. The lowest BCUT2D eigenvalue weighted by molar-refractivity contribution is 0.0918. The van der Waals surface area contributed by atoms with Gasteiger partial charge in [-0.1, -0.05) is 26.2 Å². The Bertz CT molecular complexity index is 462. The number of rotatable bonds is 3. The molecular weight excluding hydrogens is 236 g/mol. The van der Waals surface area contributed by atoms with E-state index in [1.165, 1.54) is 32.1 Å². The number of carbonyl (C=O) groups is 1. The van der Waals surface area contributed by atoms with Crippen molar-refractivity contribution < 1.29 is 4.79 Å². The maximum absolute atomic E-state index is 12.2. The van der Waals surface area contributed by atoms with E-state index in [1.807, 2.05) is 19.1 Å². The van der Waals surface area contributed by atoms with Crippen LogP contribution in [-0.4, -0.2) is 12.5 Å². The maximum atomic E-state index is 12.2. The molecular formula is C16H24N2O. The number of hydrogen-bond acceptors (Lipinski definition) is 2. The first-order chi connectivity index (χ1) is 9.00. The van der Waals surface area contributed by atoms with Crippen LogP contribution in [0.4, 0.5) is 5.69 Å². The zero-order valence-electron chi connectivity index (χ0n) is 12.0. The third-order valence-corrected chi connectivity index (χ3v) is 4.23. The highest BCUT2D eigenvalue weighted by molar-refractivity contribution is 5.96. The summed E-state index contributed by atoms with van der Waals surface area (Å²) in [4.78, 5) is 12.2. The van der Waals surface area contributed by atoms with E-state index in [1.54, 1.807) is 6.07 Å². The van der Waals surface area contributed by atoms with Crippen LogP contribution in [0.15, 0.2) is 18.2 Å². The minimum absolute atomic E-state index is 0.0179. The van der Waals surface area contributed by atoms with Crippen LogP contribution in [0, 0.1) is 12.3 Å². The van der Waals surface area contributed by atoms with Crippen LogP contribution in [0.2, 0.25) is 0 Å². The Labute approximate surface area is 115 Å². The molecule has 0 unspecified atom stereocenters. The van der Waals surface area contributed by atoms with E-state index in [9.17, 15) is 4.79 Å². The first-order valence-corrected chi connectivity index (χ1v) is 7.15. The molecule has 0 saturated heterocycles. The molecule has 3 heteroatoms. The topological polar surface area (TPSA) is 55.1 Å². The molecule has 104 valence electrons. The molecule has 3 nitrogen and oxygen atoms in total. The second kappa shape index (κ2) is 5.64. The van der Waals surface area contributed by atoms with Crippen molar-refractivity contribution in [3.63, 3.8) is 0 Å². The molecule has 2 rings (SSSR count). The van der Waals surface area contributed by atoms with E-state index in [2.05, 4.69) is 12.2 Å². The third-order valence-electron chi connectivity index (χ3n) is 4.23. The normalized spacial score (nSPS) is 18.0. The van der Waals surface area contributed by atoms with Crippen LogP contribution in [0.3, 0.4) is 0 Å². The van der Waals surface area contributed by atoms with Crippen LogP contribution in [0.1, 0.15) is 54.9 Å². The van der Waals surface area contributed by atoms with E-state index in [0.717, 1.165) is 17.7 Å². The van der Waals surface area contributed by atoms with Crippen molar-refractivity contribution in [3.05, 3.63) is 29.3 Å². The van der Waals surface area contributed by atoms with E-state index >= 15 is 0 Å². The second-order valence-electron chi connectivity index (χ2n) is 6.13. The monoisotopic (exact) mass is 260 g/mol. The summed E-state index contributed by atoms with van der Waals surface area (Å²) in [5.41, 5.74) is 8.35. The smallest absolute Gasteiger partial charge is 0.251 e. The van der Waals surface area contributed by atoms with E-state index in [-0.39, 0.29) is 11.3 Å². The maximum Gasteiger partial charge on any atom is 0.251 e. The van der Waals surface area contributed by atoms with Crippen LogP contribution in [0.5, 0.6) is 0 Å². The SMILES string of the molecule is Cc1cc(N)ccc1C(=O)NCC1(C)CCCCC1. The lowest BCUT2D eigenvalue weighted by atomic mass is 9.76. The lowest BCUT2D eigenvalue weighted by Crippen LogP contribution is -2.37. The summed E-state index contributed by atoms with van der Waals surface area (Å²) in [7, 11) is 0. The molecule has 1 amide bonds. The fourth-order valence-corrected chi connectivity index (χ4v) is 2.91. The molecule has 0 radical (unpaired) electrons. The summed E-state index contributed by atoms with van der Waals surface area (Å²) in [5.74, 6) is 0.0179. The van der Waals surface area contributed by atoms with Crippen molar-refractivity contribution >= 4 is 11.6 Å². The van der Waals surface area contributed by atoms with Crippen molar-refractivity contribution in [3.8, 4) is 0 Å². The molecule has 19 heavy (non-hydrogen) atoms. The molecule has 1 saturated carbocycles. The van der Waals surface area contributed by atoms with Crippen LogP contribution < -0.4 is 11.1 Å². The van der Waals surface area contributed by atoms with Gasteiger partial charge < -0.3 is 11.1 Å². The van der Waals surface area contributed by atoms with Gasteiger partial charge in [-0.3, -0.25) is 4.79 Å². The van der Waals surface area contributed by atoms with Gasteiger partial charge >= 0.3 is 0 Å². The highest BCUT2D eigenvalue weighted by Gasteiger charge is 2.27. The Morgan fingerprint density at radius 1 is 1.32 bits per heavy atom. The zero-order chi connectivity index (χ0) is 13.9. The molecule has 1 aromatic carbocycles. The van der Waals surface area contributed by atoms with Crippen LogP contribution in [-0.2, 0) is 0 Å². The minimum Gasteiger partial charge on any atom is -0.399 e. The second-order valence-corrected chi connectivity index (χ2v) is 6.13. The fourth-order valence-electron chi connectivity index (χ4n) is 2.91. The predicted octanol–water partition coefficient (Wildman–Crippen LogP) is 3.28. The van der Waals surface area contributed by atoms with Gasteiger partial charge in [-0.05, 0) is 48.9 Å². The summed E-state index contributed by atoms with van der Waals surface area (Å²) in [6.45, 7) is 4.98. The molecule has 3 N–H and O–H groups in total. The highest BCUT2D eigenvalue weighted by Crippen LogP contribution is 2.35. The number of nitrogens with two attached hydrogens (primary N) is 1. The van der Waals surface area contributed by atoms with Crippen LogP contribution >= 0.6 is 0 Å². The Morgan fingerprint density at radius 2 is 2.00 bits per heavy atom. The van der Waals surface area contributed by atoms with Gasteiger partial charge in [0.2, 0.25) is 0 Å². The Morgan fingerprint density at radius 3 is 2.63 bits per heavy atom. The number of hydrogen-bond donors (Lipinski definition) is 2. The number of nitrogen functional groups attached to an aromatic ring is 1. The molecule has 0 aliphatic heterocycles. The summed E-state index contributed by atoms with van der Waals surface area (Å²) < 4.78 is 0. The van der Waals surface area contributed by atoms with Crippen molar-refractivity contribution in [1.29, 1.82) is 0 Å². The molecule has 0 bridgehead atoms. The molecule has 1 aliphatic carbocycles. The number of nitrogens with one attached hydrogen (secondary N) is 1. The third kappa shape index (κ3) is 3.49. The first-order valence-electron chi connectivity index (χ1n) is 7.15. The number of carbonyl (C=O) groups excluding carboxylic acids is 1. The van der Waals surface area contributed by atoms with Gasteiger partial charge in [0.1, 0.15) is 0 Å². The van der Waals surface area contributed by atoms with Gasteiger partial charge in [-0.15, -0.1) is 0 Å². The Hall–Kier alpha value is -1.51. The standard InChI is InChI=1S/C16H24N2O/c1-12-10-13(17)6-7-14(12)15(19)18-11-16(2)8-4-3-5-9-16/h6-7,10H,3-5,8-9,11,17H2,1-2H3,(H,18,19). The van der Waals surface area contributed by atoms with Gasteiger partial charge in [-0.2, -0.15) is 0 Å². The van der Waals surface area contributed by atoms with Crippen molar-refractivity contribution in [2.75, 3.05) is 12.3 Å². The molecule has 0 atom stereocenters. The van der Waals surface area contributed by atoms with Gasteiger partial charge in [0.25, 0.3) is 5.91 Å². The first kappa shape index (κ1) is 13.9. The van der Waals surface area contributed by atoms with Crippen molar-refractivity contribution in [2.45, 2.75) is 46.0 Å². The Kier molecular flexibility index (Phi) is 4.13. The average Bonchev–Trinajstić information content (AvgIpc) is 2.37. The van der Waals surface area contributed by atoms with E-state index in [0.29, 0.717) is 5.69 Å². The van der Waals surface area contributed by atoms with Crippen molar-refractivity contribution in [2.24, 2.45) is 5.41 Å². The number of benzene rings is 1. The highest BCUT2D eigenvalue weighted by atomic mass is 16.1. The summed E-state index contributed by atoms with van der Waals surface area (Å²) in [6, 6.07) is 5.44. The lowest BCUT2D eigenvalue weighted by Gasteiger charge is -2.33. The summed E-state index contributed by atoms with van der Waals surface area (Å²) in [5, 5.41) is 3.09. The van der Waals surface area contributed by atoms with Crippen molar-refractivity contribution in [1.82, 2.24) is 5.32 Å². The Balaban J connectivity index is 1.97. The largest absolute Gasteiger partial charge is 0.399 e. The van der Waals surface area contributed by atoms with E-state index in [4.69, 9.17) is 5.73 Å². The van der Waals surface area contributed by atoms with Gasteiger partial charge in [-0.25, -0.2) is 0 Å². The molecule has 0 aromatic heterocycles. The zero-order valence-corrected chi connectivity index (χ0v) is 12.0. The van der Waals surface area contributed by atoms with Crippen LogP contribution in [0.25, 0.3) is 0 Å². The van der Waals surface area contributed by atoms with Gasteiger partial charge in [0.05, 0.1) is 0 Å².